The summed E-state index contributed by atoms with van der Waals surface area (Å²) in [5, 5.41) is 0. The summed E-state index contributed by atoms with van der Waals surface area (Å²) < 4.78 is 2.23. The molecule has 2 nitrogen and oxygen atoms in total. The Balaban J connectivity index is 1.94. The van der Waals surface area contributed by atoms with Gasteiger partial charge in [-0.1, -0.05) is 45.9 Å². The van der Waals surface area contributed by atoms with Gasteiger partial charge in [0.05, 0.1) is 5.75 Å². The Morgan fingerprint density at radius 2 is 1.55 bits per heavy atom. The number of hydrogen-bond donors (Lipinski definition) is 0. The second-order valence-corrected chi connectivity index (χ2v) is 7.86. The summed E-state index contributed by atoms with van der Waals surface area (Å²) in [6.45, 7) is 1.06. The lowest BCUT2D eigenvalue weighted by Crippen LogP contribution is -2.33. The third kappa shape index (κ3) is 5.43. The fourth-order valence-corrected chi connectivity index (χ4v) is 3.21. The lowest BCUT2D eigenvalue weighted by molar-refractivity contribution is -0.692. The summed E-state index contributed by atoms with van der Waals surface area (Å²) >= 11 is 0. The number of rotatable bonds is 7. The Morgan fingerprint density at radius 1 is 0.955 bits per heavy atom. The van der Waals surface area contributed by atoms with Crippen LogP contribution in [0.5, 0.6) is 0 Å². The zero-order valence-electron chi connectivity index (χ0n) is 13.4. The molecule has 0 aliphatic rings. The third-order valence-electron chi connectivity index (χ3n) is 3.35. The van der Waals surface area contributed by atoms with Crippen molar-refractivity contribution < 1.29 is 4.57 Å². The molecule has 1 heterocycles. The first-order valence-corrected chi connectivity index (χ1v) is 10.0. The van der Waals surface area contributed by atoms with Crippen molar-refractivity contribution in [3.05, 3.63) is 59.9 Å². The van der Waals surface area contributed by atoms with Gasteiger partial charge in [0.2, 0.25) is 0 Å². The molecule has 0 bridgehead atoms. The molecule has 0 aliphatic carbocycles. The number of aromatic nitrogens is 1. The van der Waals surface area contributed by atoms with Crippen LogP contribution in [-0.4, -0.2) is 26.1 Å². The van der Waals surface area contributed by atoms with E-state index in [2.05, 4.69) is 90.8 Å². The number of pyridine rings is 1. The second kappa shape index (κ2) is 8.91. The van der Waals surface area contributed by atoms with Crippen molar-refractivity contribution >= 4 is 39.4 Å². The second-order valence-electron chi connectivity index (χ2n) is 5.18. The van der Waals surface area contributed by atoms with Crippen LogP contribution in [0.3, 0.4) is 0 Å². The summed E-state index contributed by atoms with van der Waals surface area (Å²) in [4.78, 5) is 2.11. The molecule has 0 unspecified atom stereocenters. The molecule has 0 fully saturated rings. The van der Waals surface area contributed by atoms with Gasteiger partial charge in [-0.15, -0.1) is 0 Å². The summed E-state index contributed by atoms with van der Waals surface area (Å²) in [6, 6.07) is 12.9. The quantitative estimate of drug-likeness (QED) is 0.426. The van der Waals surface area contributed by atoms with Crippen molar-refractivity contribution in [1.82, 2.24) is 0 Å². The topological polar surface area (TPSA) is 7.12 Å². The van der Waals surface area contributed by atoms with Crippen LogP contribution in [0.1, 0.15) is 11.1 Å². The largest absolute Gasteiger partial charge is 0.378 e. The maximum absolute atomic E-state index is 2.23. The number of anilines is 1. The maximum Gasteiger partial charge on any atom is 0.169 e. The molecular weight excluding hydrogens is 308 g/mol. The fraction of sp³-hybridized carbons (Fsp3) is 0.278. The van der Waals surface area contributed by atoms with E-state index >= 15 is 0 Å². The zero-order valence-corrected chi connectivity index (χ0v) is 15.0. The van der Waals surface area contributed by atoms with Crippen molar-refractivity contribution in [2.24, 2.45) is 0 Å². The number of aryl methyl sites for hydroxylation is 1. The molecule has 22 heavy (non-hydrogen) atoms. The SMILES string of the molecule is CSSCC[n+]1ccc(/C=C/c2ccc(N(C)C)cc2)cc1. The minimum Gasteiger partial charge on any atom is -0.378 e. The summed E-state index contributed by atoms with van der Waals surface area (Å²) in [5.41, 5.74) is 3.67. The van der Waals surface area contributed by atoms with Crippen molar-refractivity contribution in [3.63, 3.8) is 0 Å². The molecule has 2 rings (SSSR count). The van der Waals surface area contributed by atoms with Gasteiger partial charge in [-0.25, -0.2) is 4.57 Å². The molecule has 0 amide bonds. The molecule has 1 aromatic carbocycles. The van der Waals surface area contributed by atoms with Gasteiger partial charge in [-0.05, 0) is 29.5 Å². The first-order valence-electron chi connectivity index (χ1n) is 7.29. The van der Waals surface area contributed by atoms with Crippen LogP contribution >= 0.6 is 21.6 Å². The number of hydrogen-bond acceptors (Lipinski definition) is 3. The van der Waals surface area contributed by atoms with Crippen LogP contribution in [0.2, 0.25) is 0 Å². The zero-order chi connectivity index (χ0) is 15.8. The molecule has 2 aromatic rings. The molecule has 0 radical (unpaired) electrons. The van der Waals surface area contributed by atoms with Crippen molar-refractivity contribution in [2.75, 3.05) is 31.0 Å². The third-order valence-corrected chi connectivity index (χ3v) is 5.14. The highest BCUT2D eigenvalue weighted by molar-refractivity contribution is 8.76. The normalized spacial score (nSPS) is 11.0. The predicted octanol–water partition coefficient (Wildman–Crippen LogP) is 4.22. The van der Waals surface area contributed by atoms with E-state index in [0.29, 0.717) is 0 Å². The van der Waals surface area contributed by atoms with Gasteiger partial charge >= 0.3 is 0 Å². The Bertz CT molecular complexity index is 589. The van der Waals surface area contributed by atoms with E-state index in [1.807, 2.05) is 21.6 Å². The van der Waals surface area contributed by atoms with Gasteiger partial charge in [0.15, 0.2) is 18.9 Å². The van der Waals surface area contributed by atoms with Gasteiger partial charge in [0, 0.05) is 31.9 Å². The average molecular weight is 332 g/mol. The molecule has 0 N–H and O–H groups in total. The molecule has 4 heteroatoms. The number of benzene rings is 1. The van der Waals surface area contributed by atoms with Crippen molar-refractivity contribution in [2.45, 2.75) is 6.54 Å². The lowest BCUT2D eigenvalue weighted by atomic mass is 10.1. The molecule has 0 saturated heterocycles. The molecular formula is C18H23N2S2+. The minimum absolute atomic E-state index is 1.06. The lowest BCUT2D eigenvalue weighted by Gasteiger charge is -2.11. The highest BCUT2D eigenvalue weighted by Crippen LogP contribution is 2.16. The van der Waals surface area contributed by atoms with Crippen LogP contribution < -0.4 is 9.47 Å². The van der Waals surface area contributed by atoms with E-state index in [0.717, 1.165) is 12.3 Å². The Labute approximate surface area is 141 Å². The highest BCUT2D eigenvalue weighted by Gasteiger charge is 1.99. The van der Waals surface area contributed by atoms with Gasteiger partial charge < -0.3 is 4.90 Å². The number of nitrogens with zero attached hydrogens (tertiary/aromatic N) is 2. The van der Waals surface area contributed by atoms with Gasteiger partial charge in [0.1, 0.15) is 0 Å². The highest BCUT2D eigenvalue weighted by atomic mass is 33.1. The van der Waals surface area contributed by atoms with E-state index in [1.165, 1.54) is 16.8 Å². The van der Waals surface area contributed by atoms with E-state index in [4.69, 9.17) is 0 Å². The van der Waals surface area contributed by atoms with E-state index < -0.39 is 0 Å². The Kier molecular flexibility index (Phi) is 6.87. The Hall–Kier alpha value is -1.39. The molecule has 0 spiro atoms. The Morgan fingerprint density at radius 3 is 2.09 bits per heavy atom. The minimum atomic E-state index is 1.06. The molecule has 0 aliphatic heterocycles. The van der Waals surface area contributed by atoms with E-state index in [-0.39, 0.29) is 0 Å². The molecule has 116 valence electrons. The first-order chi connectivity index (χ1) is 10.7. The smallest absolute Gasteiger partial charge is 0.169 e. The van der Waals surface area contributed by atoms with Gasteiger partial charge in [-0.2, -0.15) is 0 Å². The fourth-order valence-electron chi connectivity index (χ4n) is 2.03. The van der Waals surface area contributed by atoms with Crippen LogP contribution in [0, 0.1) is 0 Å². The molecule has 0 saturated carbocycles. The molecule has 1 aromatic heterocycles. The summed E-state index contributed by atoms with van der Waals surface area (Å²) in [6.07, 6.45) is 10.7. The maximum atomic E-state index is 2.23. The van der Waals surface area contributed by atoms with Crippen LogP contribution in [-0.2, 0) is 6.54 Å². The summed E-state index contributed by atoms with van der Waals surface area (Å²) in [5.74, 6) is 1.14. The van der Waals surface area contributed by atoms with Crippen LogP contribution in [0.25, 0.3) is 12.2 Å². The van der Waals surface area contributed by atoms with Crippen molar-refractivity contribution in [1.29, 1.82) is 0 Å². The van der Waals surface area contributed by atoms with Crippen LogP contribution in [0.15, 0.2) is 48.8 Å². The van der Waals surface area contributed by atoms with E-state index in [1.54, 1.807) is 0 Å². The van der Waals surface area contributed by atoms with Crippen LogP contribution in [0.4, 0.5) is 5.69 Å². The van der Waals surface area contributed by atoms with Gasteiger partial charge in [0.25, 0.3) is 0 Å². The molecule has 0 atom stereocenters. The average Bonchev–Trinajstić information content (AvgIpc) is 2.55. The van der Waals surface area contributed by atoms with Gasteiger partial charge in [-0.3, -0.25) is 0 Å². The summed E-state index contributed by atoms with van der Waals surface area (Å²) in [7, 11) is 7.83. The van der Waals surface area contributed by atoms with Crippen molar-refractivity contribution in [3.8, 4) is 0 Å². The predicted molar refractivity (Wildman–Crippen MR) is 102 cm³/mol. The first kappa shape index (κ1) is 17.0. The monoisotopic (exact) mass is 331 g/mol. The standard InChI is InChI=1S/C18H23N2S2/c1-19(2)18-8-6-16(7-9-18)4-5-17-10-12-20(13-11-17)14-15-22-21-3/h4-13H,14-15H2,1-3H3/q+1. The van der Waals surface area contributed by atoms with E-state index in [9.17, 15) is 0 Å².